The molecule has 0 saturated heterocycles. The third-order valence-electron chi connectivity index (χ3n) is 3.19. The lowest BCUT2D eigenvalue weighted by atomic mass is 10.0. The molecule has 2 aromatic rings. The number of hydrogen-bond donors (Lipinski definition) is 1. The molecular weight excluding hydrogens is 286 g/mol. The topological polar surface area (TPSA) is 29.9 Å². The molecule has 0 amide bonds. The first kappa shape index (κ1) is 15.5. The predicted molar refractivity (Wildman–Crippen MR) is 70.1 cm³/mol. The van der Waals surface area contributed by atoms with Crippen molar-refractivity contribution in [3.8, 4) is 0 Å². The van der Waals surface area contributed by atoms with E-state index in [9.17, 15) is 17.6 Å². The van der Waals surface area contributed by atoms with Crippen LogP contribution < -0.4 is 5.32 Å². The highest BCUT2D eigenvalue weighted by atomic mass is 19.4. The van der Waals surface area contributed by atoms with Gasteiger partial charge in [0, 0.05) is 13.2 Å². The van der Waals surface area contributed by atoms with Crippen LogP contribution in [0.1, 0.15) is 29.8 Å². The summed E-state index contributed by atoms with van der Waals surface area (Å²) in [5, 5.41) is 7.15. The zero-order valence-electron chi connectivity index (χ0n) is 11.6. The van der Waals surface area contributed by atoms with Crippen molar-refractivity contribution in [1.29, 1.82) is 0 Å². The maximum atomic E-state index is 13.7. The van der Waals surface area contributed by atoms with E-state index in [4.69, 9.17) is 0 Å². The minimum atomic E-state index is -4.69. The molecule has 0 aliphatic heterocycles. The number of hydrogen-bond acceptors (Lipinski definition) is 2. The maximum Gasteiger partial charge on any atom is 0.419 e. The van der Waals surface area contributed by atoms with E-state index in [1.807, 2.05) is 6.92 Å². The lowest BCUT2D eigenvalue weighted by Gasteiger charge is -2.19. The molecule has 1 atom stereocenters. The van der Waals surface area contributed by atoms with Crippen molar-refractivity contribution in [2.45, 2.75) is 19.1 Å². The first-order valence-electron chi connectivity index (χ1n) is 6.42. The van der Waals surface area contributed by atoms with Crippen LogP contribution >= 0.6 is 0 Å². The molecule has 0 aliphatic carbocycles. The van der Waals surface area contributed by atoms with Crippen molar-refractivity contribution >= 4 is 0 Å². The van der Waals surface area contributed by atoms with Gasteiger partial charge in [-0.05, 0) is 30.3 Å². The lowest BCUT2D eigenvalue weighted by molar-refractivity contribution is -0.140. The van der Waals surface area contributed by atoms with E-state index in [0.717, 1.165) is 17.8 Å². The number of halogens is 4. The molecule has 0 spiro atoms. The number of aryl methyl sites for hydroxylation is 1. The van der Waals surface area contributed by atoms with Gasteiger partial charge < -0.3 is 5.32 Å². The van der Waals surface area contributed by atoms with Gasteiger partial charge in [0.2, 0.25) is 0 Å². The van der Waals surface area contributed by atoms with Crippen molar-refractivity contribution in [2.24, 2.45) is 7.05 Å². The Morgan fingerprint density at radius 2 is 2.00 bits per heavy atom. The number of benzene rings is 1. The first-order valence-corrected chi connectivity index (χ1v) is 6.42. The summed E-state index contributed by atoms with van der Waals surface area (Å²) in [5.74, 6) is -1.27. The fourth-order valence-electron chi connectivity index (χ4n) is 2.21. The smallest absolute Gasteiger partial charge is 0.305 e. The Kier molecular flexibility index (Phi) is 4.32. The molecule has 0 aliphatic rings. The minimum absolute atomic E-state index is 0.417. The van der Waals surface area contributed by atoms with Gasteiger partial charge in [0.05, 0.1) is 17.3 Å². The van der Waals surface area contributed by atoms with Gasteiger partial charge in [-0.1, -0.05) is 13.0 Å². The number of rotatable bonds is 4. The summed E-state index contributed by atoms with van der Waals surface area (Å²) < 4.78 is 53.1. The summed E-state index contributed by atoms with van der Waals surface area (Å²) in [6, 6.07) is 4.29. The fourth-order valence-corrected chi connectivity index (χ4v) is 2.21. The molecule has 0 fully saturated rings. The highest BCUT2D eigenvalue weighted by Crippen LogP contribution is 2.33. The second kappa shape index (κ2) is 5.85. The Hall–Kier alpha value is -1.89. The highest BCUT2D eigenvalue weighted by molar-refractivity contribution is 5.32. The summed E-state index contributed by atoms with van der Waals surface area (Å²) in [6.07, 6.45) is -3.11. The van der Waals surface area contributed by atoms with Crippen LogP contribution in [0.5, 0.6) is 0 Å². The predicted octanol–water partition coefficient (Wildman–Crippen LogP) is 3.28. The summed E-state index contributed by atoms with van der Waals surface area (Å²) >= 11 is 0. The lowest BCUT2D eigenvalue weighted by Crippen LogP contribution is -2.24. The Morgan fingerprint density at radius 1 is 1.29 bits per heavy atom. The van der Waals surface area contributed by atoms with Crippen LogP contribution in [0.25, 0.3) is 0 Å². The van der Waals surface area contributed by atoms with Crippen LogP contribution in [0.3, 0.4) is 0 Å². The monoisotopic (exact) mass is 301 g/mol. The zero-order chi connectivity index (χ0) is 15.6. The standard InChI is InChI=1S/C14H15F4N3/c1-3-19-13(12-6-7-20-21(12)2)9-4-5-10(11(15)8-9)14(16,17)18/h4-8,13,19H,3H2,1-2H3. The summed E-state index contributed by atoms with van der Waals surface area (Å²) in [6.45, 7) is 2.45. The number of nitrogens with zero attached hydrogens (tertiary/aromatic N) is 2. The fraction of sp³-hybridized carbons (Fsp3) is 0.357. The van der Waals surface area contributed by atoms with E-state index in [2.05, 4.69) is 10.4 Å². The van der Waals surface area contributed by atoms with E-state index >= 15 is 0 Å². The molecule has 2 rings (SSSR count). The molecule has 1 N–H and O–H groups in total. The van der Waals surface area contributed by atoms with Crippen molar-refractivity contribution in [2.75, 3.05) is 6.54 Å². The van der Waals surface area contributed by atoms with Crippen LogP contribution in [0, 0.1) is 5.82 Å². The van der Waals surface area contributed by atoms with Crippen LogP contribution in [-0.4, -0.2) is 16.3 Å². The number of alkyl halides is 3. The van der Waals surface area contributed by atoms with Crippen molar-refractivity contribution < 1.29 is 17.6 Å². The molecule has 0 bridgehead atoms. The molecule has 114 valence electrons. The Bertz CT molecular complexity index is 619. The zero-order valence-corrected chi connectivity index (χ0v) is 11.6. The van der Waals surface area contributed by atoms with Gasteiger partial charge in [0.1, 0.15) is 5.82 Å². The molecule has 0 radical (unpaired) electrons. The molecular formula is C14H15F4N3. The van der Waals surface area contributed by atoms with Gasteiger partial charge in [0.25, 0.3) is 0 Å². The first-order chi connectivity index (χ1) is 9.84. The molecule has 1 unspecified atom stereocenters. The van der Waals surface area contributed by atoms with Crippen LogP contribution in [0.2, 0.25) is 0 Å². The Morgan fingerprint density at radius 3 is 2.48 bits per heavy atom. The Balaban J connectivity index is 2.43. The molecule has 0 saturated carbocycles. The molecule has 1 heterocycles. The molecule has 21 heavy (non-hydrogen) atoms. The van der Waals surface area contributed by atoms with E-state index in [-0.39, 0.29) is 0 Å². The van der Waals surface area contributed by atoms with E-state index < -0.39 is 23.6 Å². The molecule has 3 nitrogen and oxygen atoms in total. The summed E-state index contributed by atoms with van der Waals surface area (Å²) in [5.41, 5.74) is -0.0894. The number of aromatic nitrogens is 2. The van der Waals surface area contributed by atoms with Gasteiger partial charge in [-0.25, -0.2) is 4.39 Å². The third kappa shape index (κ3) is 3.24. The third-order valence-corrected chi connectivity index (χ3v) is 3.19. The van der Waals surface area contributed by atoms with Gasteiger partial charge in [0.15, 0.2) is 0 Å². The van der Waals surface area contributed by atoms with Crippen molar-refractivity contribution in [1.82, 2.24) is 15.1 Å². The second-order valence-electron chi connectivity index (χ2n) is 4.61. The second-order valence-corrected chi connectivity index (χ2v) is 4.61. The van der Waals surface area contributed by atoms with Gasteiger partial charge >= 0.3 is 6.18 Å². The Labute approximate surface area is 119 Å². The average molecular weight is 301 g/mol. The minimum Gasteiger partial charge on any atom is -0.305 e. The van der Waals surface area contributed by atoms with Gasteiger partial charge in [-0.2, -0.15) is 18.3 Å². The van der Waals surface area contributed by atoms with Crippen LogP contribution in [-0.2, 0) is 13.2 Å². The maximum absolute atomic E-state index is 13.7. The SMILES string of the molecule is CCNC(c1ccc(C(F)(F)F)c(F)c1)c1ccnn1C. The van der Waals surface area contributed by atoms with E-state index in [1.54, 1.807) is 24.0 Å². The molecule has 1 aromatic heterocycles. The largest absolute Gasteiger partial charge is 0.419 e. The highest BCUT2D eigenvalue weighted by Gasteiger charge is 2.34. The van der Waals surface area contributed by atoms with Gasteiger partial charge in [-0.15, -0.1) is 0 Å². The van der Waals surface area contributed by atoms with E-state index in [1.165, 1.54) is 6.07 Å². The number of nitrogens with one attached hydrogen (secondary N) is 1. The van der Waals surface area contributed by atoms with Crippen LogP contribution in [0.4, 0.5) is 17.6 Å². The summed E-state index contributed by atoms with van der Waals surface area (Å²) in [7, 11) is 1.72. The average Bonchev–Trinajstić information content (AvgIpc) is 2.80. The summed E-state index contributed by atoms with van der Waals surface area (Å²) in [4.78, 5) is 0. The van der Waals surface area contributed by atoms with Crippen molar-refractivity contribution in [3.63, 3.8) is 0 Å². The quantitative estimate of drug-likeness (QED) is 0.878. The molecule has 7 heteroatoms. The van der Waals surface area contributed by atoms with E-state index in [0.29, 0.717) is 12.1 Å². The molecule has 1 aromatic carbocycles. The van der Waals surface area contributed by atoms with Crippen LogP contribution in [0.15, 0.2) is 30.5 Å². The van der Waals surface area contributed by atoms with Crippen molar-refractivity contribution in [3.05, 3.63) is 53.1 Å². The van der Waals surface area contributed by atoms with Gasteiger partial charge in [-0.3, -0.25) is 4.68 Å². The normalized spacial score (nSPS) is 13.4.